The van der Waals surface area contributed by atoms with Gasteiger partial charge >= 0.3 is 0 Å². The van der Waals surface area contributed by atoms with Crippen LogP contribution in [-0.2, 0) is 13.0 Å². The lowest BCUT2D eigenvalue weighted by Crippen LogP contribution is -2.34. The second-order valence-corrected chi connectivity index (χ2v) is 7.09. The van der Waals surface area contributed by atoms with E-state index in [1.165, 1.54) is 5.69 Å². The normalized spacial score (nSPS) is 15.1. The van der Waals surface area contributed by atoms with Gasteiger partial charge in [-0.3, -0.25) is 9.67 Å². The quantitative estimate of drug-likeness (QED) is 0.710. The Hall–Kier alpha value is -2.80. The van der Waals surface area contributed by atoms with Crippen LogP contribution in [0.4, 0.5) is 5.82 Å². The van der Waals surface area contributed by atoms with E-state index < -0.39 is 0 Å². The summed E-state index contributed by atoms with van der Waals surface area (Å²) in [6, 6.07) is 8.10. The fourth-order valence-electron chi connectivity index (χ4n) is 3.83. The molecule has 4 rings (SSSR count). The van der Waals surface area contributed by atoms with E-state index in [-0.39, 0.29) is 6.61 Å². The minimum atomic E-state index is 0.117. The first-order valence-corrected chi connectivity index (χ1v) is 9.94. The molecule has 1 saturated heterocycles. The summed E-state index contributed by atoms with van der Waals surface area (Å²) >= 11 is 0. The van der Waals surface area contributed by atoms with Crippen LogP contribution in [0, 0.1) is 0 Å². The molecule has 0 unspecified atom stereocenters. The van der Waals surface area contributed by atoms with Gasteiger partial charge in [-0.2, -0.15) is 5.10 Å². The first-order valence-electron chi connectivity index (χ1n) is 9.94. The Labute approximate surface area is 165 Å². The van der Waals surface area contributed by atoms with Crippen LogP contribution in [0.25, 0.3) is 11.4 Å². The van der Waals surface area contributed by atoms with Gasteiger partial charge in [-0.25, -0.2) is 9.97 Å². The van der Waals surface area contributed by atoms with Gasteiger partial charge in [0.15, 0.2) is 5.82 Å². The first kappa shape index (κ1) is 18.6. The maximum absolute atomic E-state index is 9.23. The molecule has 0 bridgehead atoms. The van der Waals surface area contributed by atoms with Crippen LogP contribution in [0.15, 0.2) is 42.9 Å². The van der Waals surface area contributed by atoms with Crippen LogP contribution >= 0.6 is 0 Å². The Morgan fingerprint density at radius 1 is 1.07 bits per heavy atom. The molecule has 7 nitrogen and oxygen atoms in total. The molecule has 0 saturated carbocycles. The number of aliphatic hydroxyl groups is 1. The summed E-state index contributed by atoms with van der Waals surface area (Å²) in [4.78, 5) is 16.0. The molecule has 0 spiro atoms. The maximum atomic E-state index is 9.23. The van der Waals surface area contributed by atoms with E-state index in [2.05, 4.69) is 34.0 Å². The molecule has 1 N–H and O–H groups in total. The van der Waals surface area contributed by atoms with Crippen molar-refractivity contribution in [3.63, 3.8) is 0 Å². The van der Waals surface area contributed by atoms with Crippen LogP contribution in [0.1, 0.15) is 37.1 Å². The average Bonchev–Trinajstić information content (AvgIpc) is 3.23. The molecule has 0 aromatic carbocycles. The molecule has 146 valence electrons. The van der Waals surface area contributed by atoms with E-state index in [0.717, 1.165) is 55.3 Å². The summed E-state index contributed by atoms with van der Waals surface area (Å²) in [5, 5.41) is 13.6. The molecule has 1 fully saturated rings. The van der Waals surface area contributed by atoms with Gasteiger partial charge in [0.2, 0.25) is 0 Å². The number of aliphatic hydroxyl groups excluding tert-OH is 1. The van der Waals surface area contributed by atoms with Gasteiger partial charge in [-0.1, -0.05) is 6.92 Å². The van der Waals surface area contributed by atoms with Crippen molar-refractivity contribution in [3.05, 3.63) is 54.2 Å². The van der Waals surface area contributed by atoms with E-state index in [0.29, 0.717) is 12.5 Å². The van der Waals surface area contributed by atoms with Crippen molar-refractivity contribution >= 4 is 5.82 Å². The SMILES string of the molecule is CCc1cc(N2CCC(c3ccnn3CCO)CC2)nc(-c2ccncc2)n1. The molecular formula is C21H26N6O. The van der Waals surface area contributed by atoms with Crippen LogP contribution in [0.3, 0.4) is 0 Å². The van der Waals surface area contributed by atoms with Crippen molar-refractivity contribution in [2.75, 3.05) is 24.6 Å². The topological polar surface area (TPSA) is 80.0 Å². The zero-order valence-electron chi connectivity index (χ0n) is 16.2. The van der Waals surface area contributed by atoms with E-state index >= 15 is 0 Å². The fraction of sp³-hybridized carbons (Fsp3) is 0.429. The molecular weight excluding hydrogens is 352 g/mol. The smallest absolute Gasteiger partial charge is 0.161 e. The number of hydrogen-bond donors (Lipinski definition) is 1. The molecule has 7 heteroatoms. The van der Waals surface area contributed by atoms with Crippen LogP contribution in [-0.4, -0.2) is 49.5 Å². The highest BCUT2D eigenvalue weighted by Crippen LogP contribution is 2.30. The number of anilines is 1. The highest BCUT2D eigenvalue weighted by atomic mass is 16.3. The van der Waals surface area contributed by atoms with Gasteiger partial charge in [-0.15, -0.1) is 0 Å². The molecule has 1 aliphatic rings. The Kier molecular flexibility index (Phi) is 5.62. The number of nitrogens with zero attached hydrogens (tertiary/aromatic N) is 6. The Morgan fingerprint density at radius 3 is 2.57 bits per heavy atom. The van der Waals surface area contributed by atoms with Crippen molar-refractivity contribution < 1.29 is 5.11 Å². The number of aryl methyl sites for hydroxylation is 1. The van der Waals surface area contributed by atoms with E-state index in [9.17, 15) is 5.11 Å². The monoisotopic (exact) mass is 378 g/mol. The lowest BCUT2D eigenvalue weighted by atomic mass is 9.93. The van der Waals surface area contributed by atoms with E-state index in [1.54, 1.807) is 12.4 Å². The van der Waals surface area contributed by atoms with Gasteiger partial charge < -0.3 is 10.0 Å². The molecule has 0 atom stereocenters. The van der Waals surface area contributed by atoms with Crippen molar-refractivity contribution in [2.24, 2.45) is 0 Å². The van der Waals surface area contributed by atoms with Crippen LogP contribution in [0.5, 0.6) is 0 Å². The maximum Gasteiger partial charge on any atom is 0.161 e. The number of pyridine rings is 1. The third kappa shape index (κ3) is 3.89. The third-order valence-electron chi connectivity index (χ3n) is 5.36. The minimum absolute atomic E-state index is 0.117. The lowest BCUT2D eigenvalue weighted by Gasteiger charge is -2.33. The van der Waals surface area contributed by atoms with Crippen molar-refractivity contribution in [2.45, 2.75) is 38.6 Å². The standard InChI is InChI=1S/C21H26N6O/c1-2-18-15-20(25-21(24-18)17-3-8-22-9-4-17)26-11-6-16(7-12-26)19-5-10-23-27(19)13-14-28/h3-5,8-10,15-16,28H,2,6-7,11-14H2,1H3. The zero-order chi connectivity index (χ0) is 19.3. The fourth-order valence-corrected chi connectivity index (χ4v) is 3.83. The number of hydrogen-bond acceptors (Lipinski definition) is 6. The summed E-state index contributed by atoms with van der Waals surface area (Å²) in [6.45, 7) is 4.70. The Morgan fingerprint density at radius 2 is 1.86 bits per heavy atom. The number of rotatable bonds is 6. The summed E-state index contributed by atoms with van der Waals surface area (Å²) in [5.41, 5.74) is 3.28. The minimum Gasteiger partial charge on any atom is -0.394 e. The van der Waals surface area contributed by atoms with Crippen molar-refractivity contribution in [1.29, 1.82) is 0 Å². The Balaban J connectivity index is 1.52. The molecule has 3 aromatic heterocycles. The van der Waals surface area contributed by atoms with E-state index in [4.69, 9.17) is 9.97 Å². The van der Waals surface area contributed by atoms with Crippen molar-refractivity contribution in [3.8, 4) is 11.4 Å². The van der Waals surface area contributed by atoms with E-state index in [1.807, 2.05) is 23.0 Å². The highest BCUT2D eigenvalue weighted by Gasteiger charge is 2.24. The van der Waals surface area contributed by atoms with Gasteiger partial charge in [0.05, 0.1) is 13.2 Å². The van der Waals surface area contributed by atoms with Gasteiger partial charge in [0.25, 0.3) is 0 Å². The summed E-state index contributed by atoms with van der Waals surface area (Å²) < 4.78 is 1.93. The Bertz CT molecular complexity index is 902. The van der Waals surface area contributed by atoms with Crippen LogP contribution < -0.4 is 4.90 Å². The second-order valence-electron chi connectivity index (χ2n) is 7.09. The molecule has 0 aliphatic carbocycles. The average molecular weight is 378 g/mol. The van der Waals surface area contributed by atoms with Gasteiger partial charge in [0, 0.05) is 60.6 Å². The van der Waals surface area contributed by atoms with Crippen LogP contribution in [0.2, 0.25) is 0 Å². The summed E-state index contributed by atoms with van der Waals surface area (Å²) in [6.07, 6.45) is 8.36. The molecule has 4 heterocycles. The zero-order valence-corrected chi connectivity index (χ0v) is 16.2. The highest BCUT2D eigenvalue weighted by molar-refractivity contribution is 5.57. The predicted molar refractivity (Wildman–Crippen MR) is 108 cm³/mol. The molecule has 3 aromatic rings. The largest absolute Gasteiger partial charge is 0.394 e. The molecule has 28 heavy (non-hydrogen) atoms. The lowest BCUT2D eigenvalue weighted by molar-refractivity contribution is 0.265. The predicted octanol–water partition coefficient (Wildman–Crippen LogP) is 2.67. The van der Waals surface area contributed by atoms with Gasteiger partial charge in [0.1, 0.15) is 5.82 Å². The molecule has 0 radical (unpaired) electrons. The number of piperidine rings is 1. The van der Waals surface area contributed by atoms with Gasteiger partial charge in [-0.05, 0) is 37.5 Å². The molecule has 0 amide bonds. The third-order valence-corrected chi connectivity index (χ3v) is 5.36. The summed E-state index contributed by atoms with van der Waals surface area (Å²) in [5.74, 6) is 2.23. The molecule has 1 aliphatic heterocycles. The summed E-state index contributed by atoms with van der Waals surface area (Å²) in [7, 11) is 0. The number of aromatic nitrogens is 5. The van der Waals surface area contributed by atoms with Crippen molar-refractivity contribution in [1.82, 2.24) is 24.7 Å². The second kappa shape index (κ2) is 8.48. The first-order chi connectivity index (χ1) is 13.8.